The second-order valence-corrected chi connectivity index (χ2v) is 7.73. The molecule has 1 heterocycles. The Labute approximate surface area is 179 Å². The number of thioether (sulfide) groups is 1. The molecule has 0 aliphatic rings. The second kappa shape index (κ2) is 9.41. The molecule has 0 spiro atoms. The van der Waals surface area contributed by atoms with Crippen LogP contribution in [0.5, 0.6) is 5.75 Å². The van der Waals surface area contributed by atoms with Crippen LogP contribution in [0.25, 0.3) is 6.08 Å². The molecule has 9 heteroatoms. The molecular formula is C20H15BrN4O3S. The molecule has 0 radical (unpaired) electrons. The minimum absolute atomic E-state index is 0.0903. The number of nitrogens with zero attached hydrogens (tertiary/aromatic N) is 3. The molecule has 0 aliphatic carbocycles. The number of hydrogen-bond donors (Lipinski definition) is 2. The van der Waals surface area contributed by atoms with E-state index in [-0.39, 0.29) is 11.5 Å². The first-order valence-electron chi connectivity index (χ1n) is 8.38. The molecule has 0 atom stereocenters. The number of rotatable bonds is 7. The fourth-order valence-corrected chi connectivity index (χ4v) is 3.65. The number of hydrogen-bond acceptors (Lipinski definition) is 6. The SMILES string of the molecule is Cc1nc(S/C(=C\c2ccc(OCc3ccccc3C#N)c(Br)c2)C(=O)O)n[nH]1. The topological polar surface area (TPSA) is 112 Å². The van der Waals surface area contributed by atoms with Crippen LogP contribution in [0.4, 0.5) is 0 Å². The first-order chi connectivity index (χ1) is 14.0. The van der Waals surface area contributed by atoms with E-state index in [4.69, 9.17) is 10.00 Å². The van der Waals surface area contributed by atoms with Crippen LogP contribution >= 0.6 is 27.7 Å². The van der Waals surface area contributed by atoms with E-state index in [2.05, 4.69) is 37.2 Å². The Morgan fingerprint density at radius 2 is 2.17 bits per heavy atom. The number of carboxylic acid groups (broad SMARTS) is 1. The van der Waals surface area contributed by atoms with Gasteiger partial charge in [-0.25, -0.2) is 9.78 Å². The maximum Gasteiger partial charge on any atom is 0.342 e. The van der Waals surface area contributed by atoms with Crippen molar-refractivity contribution in [3.63, 3.8) is 0 Å². The smallest absolute Gasteiger partial charge is 0.342 e. The minimum atomic E-state index is -1.07. The molecule has 0 aliphatic heterocycles. The summed E-state index contributed by atoms with van der Waals surface area (Å²) >= 11 is 4.42. The van der Waals surface area contributed by atoms with Crippen molar-refractivity contribution in [2.24, 2.45) is 0 Å². The van der Waals surface area contributed by atoms with Gasteiger partial charge in [-0.3, -0.25) is 5.10 Å². The molecule has 2 N–H and O–H groups in total. The largest absolute Gasteiger partial charge is 0.488 e. The van der Waals surface area contributed by atoms with Gasteiger partial charge in [-0.1, -0.05) is 24.3 Å². The third-order valence-corrected chi connectivity index (χ3v) is 5.26. The molecule has 1 aromatic heterocycles. The lowest BCUT2D eigenvalue weighted by Gasteiger charge is -2.10. The number of halogens is 1. The molecule has 3 aromatic rings. The van der Waals surface area contributed by atoms with Crippen LogP contribution in [-0.2, 0) is 11.4 Å². The van der Waals surface area contributed by atoms with Crippen LogP contribution in [-0.4, -0.2) is 26.3 Å². The third kappa shape index (κ3) is 5.47. The Morgan fingerprint density at radius 1 is 1.38 bits per heavy atom. The van der Waals surface area contributed by atoms with Gasteiger partial charge in [0.25, 0.3) is 0 Å². The van der Waals surface area contributed by atoms with Gasteiger partial charge < -0.3 is 9.84 Å². The van der Waals surface area contributed by atoms with Gasteiger partial charge in [0.15, 0.2) is 0 Å². The summed E-state index contributed by atoms with van der Waals surface area (Å²) < 4.78 is 6.48. The monoisotopic (exact) mass is 470 g/mol. The number of aromatic nitrogens is 3. The van der Waals surface area contributed by atoms with Crippen LogP contribution in [0, 0.1) is 18.3 Å². The van der Waals surface area contributed by atoms with Gasteiger partial charge in [-0.05, 0) is 64.5 Å². The lowest BCUT2D eigenvalue weighted by atomic mass is 10.1. The molecule has 0 fully saturated rings. The Bertz CT molecular complexity index is 1120. The molecule has 0 amide bonds. The summed E-state index contributed by atoms with van der Waals surface area (Å²) in [6, 6.07) is 14.6. The van der Waals surface area contributed by atoms with Gasteiger partial charge >= 0.3 is 5.97 Å². The van der Waals surface area contributed by atoms with Gasteiger partial charge in [-0.2, -0.15) is 5.26 Å². The molecular weight excluding hydrogens is 456 g/mol. The van der Waals surface area contributed by atoms with Crippen molar-refractivity contribution in [1.29, 1.82) is 5.26 Å². The summed E-state index contributed by atoms with van der Waals surface area (Å²) in [7, 11) is 0. The Balaban J connectivity index is 1.76. The van der Waals surface area contributed by atoms with Gasteiger partial charge in [0.2, 0.25) is 5.16 Å². The zero-order chi connectivity index (χ0) is 20.8. The van der Waals surface area contributed by atoms with Crippen molar-refractivity contribution < 1.29 is 14.6 Å². The van der Waals surface area contributed by atoms with Gasteiger partial charge in [-0.15, -0.1) is 5.10 Å². The van der Waals surface area contributed by atoms with Gasteiger partial charge in [0.05, 0.1) is 16.1 Å². The first-order valence-corrected chi connectivity index (χ1v) is 9.99. The number of aromatic amines is 1. The third-order valence-electron chi connectivity index (χ3n) is 3.76. The normalized spacial score (nSPS) is 11.1. The first kappa shape index (κ1) is 20.6. The van der Waals surface area contributed by atoms with E-state index in [9.17, 15) is 9.90 Å². The standard InChI is InChI=1S/C20H15BrN4O3S/c1-12-23-20(25-24-12)29-18(19(26)27)9-13-6-7-17(16(21)8-13)28-11-15-5-3-2-4-14(15)10-22/h2-9H,11H2,1H3,(H,26,27)(H,23,24,25)/b18-9-. The number of nitrogens with one attached hydrogen (secondary N) is 1. The number of aliphatic carboxylic acids is 1. The highest BCUT2D eigenvalue weighted by molar-refractivity contribution is 9.10. The summed E-state index contributed by atoms with van der Waals surface area (Å²) in [5.41, 5.74) is 2.03. The number of H-pyrrole nitrogens is 1. The number of ether oxygens (including phenoxy) is 1. The molecule has 3 rings (SSSR count). The van der Waals surface area contributed by atoms with Crippen molar-refractivity contribution in [2.45, 2.75) is 18.7 Å². The predicted octanol–water partition coefficient (Wildman–Crippen LogP) is 4.54. The fourth-order valence-electron chi connectivity index (χ4n) is 2.39. The molecule has 2 aromatic carbocycles. The molecule has 0 bridgehead atoms. The predicted molar refractivity (Wildman–Crippen MR) is 112 cm³/mol. The van der Waals surface area contributed by atoms with Crippen molar-refractivity contribution in [3.05, 3.63) is 74.4 Å². The molecule has 0 unspecified atom stereocenters. The maximum absolute atomic E-state index is 11.6. The van der Waals surface area contributed by atoms with E-state index in [0.717, 1.165) is 17.3 Å². The zero-order valence-corrected chi connectivity index (χ0v) is 17.6. The average Bonchev–Trinajstić information content (AvgIpc) is 3.11. The van der Waals surface area contributed by atoms with Crippen LogP contribution in [0.1, 0.15) is 22.5 Å². The number of carboxylic acids is 1. The van der Waals surface area contributed by atoms with Crippen LogP contribution in [0.3, 0.4) is 0 Å². The van der Waals surface area contributed by atoms with Crippen LogP contribution < -0.4 is 4.74 Å². The molecule has 146 valence electrons. The number of nitriles is 1. The van der Waals surface area contributed by atoms with Crippen LogP contribution in [0.2, 0.25) is 0 Å². The molecule has 7 nitrogen and oxygen atoms in total. The summed E-state index contributed by atoms with van der Waals surface area (Å²) in [6.07, 6.45) is 1.54. The van der Waals surface area contributed by atoms with E-state index >= 15 is 0 Å². The fraction of sp³-hybridized carbons (Fsp3) is 0.100. The summed E-state index contributed by atoms with van der Waals surface area (Å²) in [6.45, 7) is 1.99. The Kier molecular flexibility index (Phi) is 6.69. The number of benzene rings is 2. The van der Waals surface area contributed by atoms with Crippen molar-refractivity contribution in [2.75, 3.05) is 0 Å². The Morgan fingerprint density at radius 3 is 2.83 bits per heavy atom. The summed E-state index contributed by atoms with van der Waals surface area (Å²) in [5.74, 6) is 0.130. The quantitative estimate of drug-likeness (QED) is 0.384. The highest BCUT2D eigenvalue weighted by Gasteiger charge is 2.13. The molecule has 0 saturated heterocycles. The molecule has 0 saturated carbocycles. The highest BCUT2D eigenvalue weighted by atomic mass is 79.9. The lowest BCUT2D eigenvalue weighted by molar-refractivity contribution is -0.131. The van der Waals surface area contributed by atoms with E-state index in [1.54, 1.807) is 37.3 Å². The van der Waals surface area contributed by atoms with Crippen molar-refractivity contribution in [1.82, 2.24) is 15.2 Å². The van der Waals surface area contributed by atoms with E-state index in [1.807, 2.05) is 12.1 Å². The van der Waals surface area contributed by atoms with Crippen LogP contribution in [0.15, 0.2) is 57.0 Å². The second-order valence-electron chi connectivity index (χ2n) is 5.87. The zero-order valence-electron chi connectivity index (χ0n) is 15.2. The van der Waals surface area contributed by atoms with Gasteiger partial charge in [0, 0.05) is 5.56 Å². The number of carbonyl (C=O) groups is 1. The van der Waals surface area contributed by atoms with Crippen molar-refractivity contribution >= 4 is 39.7 Å². The van der Waals surface area contributed by atoms with Crippen molar-refractivity contribution in [3.8, 4) is 11.8 Å². The summed E-state index contributed by atoms with van der Waals surface area (Å²) in [5, 5.41) is 25.6. The average molecular weight is 471 g/mol. The Hall–Kier alpha value is -3.09. The maximum atomic E-state index is 11.6. The lowest BCUT2D eigenvalue weighted by Crippen LogP contribution is -1.99. The molecule has 29 heavy (non-hydrogen) atoms. The highest BCUT2D eigenvalue weighted by Crippen LogP contribution is 2.30. The van der Waals surface area contributed by atoms with E-state index < -0.39 is 5.97 Å². The van der Waals surface area contributed by atoms with E-state index in [1.165, 1.54) is 6.08 Å². The van der Waals surface area contributed by atoms with Gasteiger partial charge in [0.1, 0.15) is 23.1 Å². The summed E-state index contributed by atoms with van der Waals surface area (Å²) in [4.78, 5) is 15.8. The number of aryl methyl sites for hydroxylation is 1. The minimum Gasteiger partial charge on any atom is -0.488 e. The van der Waals surface area contributed by atoms with E-state index in [0.29, 0.717) is 32.3 Å².